The molecule has 0 saturated heterocycles. The molecule has 0 atom stereocenters. The molecule has 18 heavy (non-hydrogen) atoms. The lowest BCUT2D eigenvalue weighted by Gasteiger charge is -2.19. The fourth-order valence-corrected chi connectivity index (χ4v) is 2.07. The molecule has 0 bridgehead atoms. The number of amides is 1. The van der Waals surface area contributed by atoms with Gasteiger partial charge in [-0.05, 0) is 36.2 Å². The van der Waals surface area contributed by atoms with E-state index in [1.54, 1.807) is 4.90 Å². The number of nitrogen functional groups attached to an aromatic ring is 1. The number of carbonyl (C=O) groups excluding carboxylic acids is 1. The monoisotopic (exact) mass is 262 g/mol. The molecule has 6 heteroatoms. The summed E-state index contributed by atoms with van der Waals surface area (Å²) in [5, 5.41) is 3.68. The van der Waals surface area contributed by atoms with Crippen LogP contribution in [0, 0.1) is 0 Å². The van der Waals surface area contributed by atoms with E-state index in [2.05, 4.69) is 9.59 Å². The van der Waals surface area contributed by atoms with Crippen LogP contribution in [0.15, 0.2) is 30.5 Å². The summed E-state index contributed by atoms with van der Waals surface area (Å²) >= 11 is 1.12. The lowest BCUT2D eigenvalue weighted by Crippen LogP contribution is -2.29. The second-order valence-corrected chi connectivity index (χ2v) is 4.63. The van der Waals surface area contributed by atoms with Gasteiger partial charge in [0, 0.05) is 18.8 Å². The van der Waals surface area contributed by atoms with Crippen LogP contribution in [-0.4, -0.2) is 26.9 Å². The molecule has 1 heterocycles. The van der Waals surface area contributed by atoms with E-state index < -0.39 is 0 Å². The van der Waals surface area contributed by atoms with Crippen molar-refractivity contribution >= 4 is 23.1 Å². The summed E-state index contributed by atoms with van der Waals surface area (Å²) in [5.74, 6) is -0.0377. The van der Waals surface area contributed by atoms with Gasteiger partial charge < -0.3 is 10.6 Å². The minimum atomic E-state index is -0.0377. The van der Waals surface area contributed by atoms with Crippen molar-refractivity contribution in [3.05, 3.63) is 40.9 Å². The van der Waals surface area contributed by atoms with Crippen molar-refractivity contribution in [1.29, 1.82) is 0 Å². The van der Waals surface area contributed by atoms with Crippen molar-refractivity contribution in [3.8, 4) is 0 Å². The quantitative estimate of drug-likeness (QED) is 0.852. The van der Waals surface area contributed by atoms with Crippen molar-refractivity contribution in [2.75, 3.05) is 12.3 Å². The molecule has 0 aliphatic heterocycles. The molecule has 2 aromatic rings. The number of hydrogen-bond acceptors (Lipinski definition) is 5. The molecule has 0 saturated carbocycles. The summed E-state index contributed by atoms with van der Waals surface area (Å²) in [6.07, 6.45) is 1.50. The van der Waals surface area contributed by atoms with Crippen LogP contribution in [0.25, 0.3) is 0 Å². The van der Waals surface area contributed by atoms with E-state index in [0.29, 0.717) is 18.0 Å². The highest BCUT2D eigenvalue weighted by molar-refractivity contribution is 7.07. The first-order valence-corrected chi connectivity index (χ1v) is 6.39. The zero-order chi connectivity index (χ0) is 13.0. The van der Waals surface area contributed by atoms with E-state index >= 15 is 0 Å². The number of nitrogens with two attached hydrogens (primary N) is 1. The lowest BCUT2D eigenvalue weighted by molar-refractivity contribution is 0.0757. The molecule has 0 fully saturated rings. The van der Waals surface area contributed by atoms with Crippen LogP contribution < -0.4 is 5.73 Å². The molecular formula is C12H14N4OS. The largest absolute Gasteiger partial charge is 0.399 e. The maximum atomic E-state index is 12.1. The maximum absolute atomic E-state index is 12.1. The van der Waals surface area contributed by atoms with E-state index in [0.717, 1.165) is 22.8 Å². The smallest absolute Gasteiger partial charge is 0.267 e. The predicted octanol–water partition coefficient (Wildman–Crippen LogP) is 1.78. The third kappa shape index (κ3) is 2.84. The Balaban J connectivity index is 2.10. The normalized spacial score (nSPS) is 10.3. The Morgan fingerprint density at radius 2 is 2.11 bits per heavy atom. The second-order valence-electron chi connectivity index (χ2n) is 3.84. The Labute approximate surface area is 109 Å². The highest BCUT2D eigenvalue weighted by atomic mass is 32.1. The number of benzene rings is 1. The molecule has 1 amide bonds. The van der Waals surface area contributed by atoms with Crippen LogP contribution in [-0.2, 0) is 6.54 Å². The molecule has 94 valence electrons. The van der Waals surface area contributed by atoms with Gasteiger partial charge in [0.15, 0.2) is 0 Å². The van der Waals surface area contributed by atoms with Gasteiger partial charge in [-0.3, -0.25) is 4.79 Å². The maximum Gasteiger partial charge on any atom is 0.267 e. The van der Waals surface area contributed by atoms with Crippen molar-refractivity contribution in [3.63, 3.8) is 0 Å². The minimum Gasteiger partial charge on any atom is -0.399 e. The van der Waals surface area contributed by atoms with Crippen LogP contribution in [0.4, 0.5) is 5.69 Å². The zero-order valence-electron chi connectivity index (χ0n) is 10.0. The van der Waals surface area contributed by atoms with Gasteiger partial charge in [-0.25, -0.2) is 0 Å². The van der Waals surface area contributed by atoms with Crippen molar-refractivity contribution in [1.82, 2.24) is 14.5 Å². The third-order valence-electron chi connectivity index (χ3n) is 2.59. The molecule has 5 nitrogen and oxygen atoms in total. The average Bonchev–Trinajstić information content (AvgIpc) is 2.91. The Morgan fingerprint density at radius 1 is 1.39 bits per heavy atom. The van der Waals surface area contributed by atoms with Gasteiger partial charge in [0.25, 0.3) is 5.91 Å². The van der Waals surface area contributed by atoms with Crippen LogP contribution >= 0.6 is 11.5 Å². The Bertz CT molecular complexity index is 509. The Morgan fingerprint density at radius 3 is 2.67 bits per heavy atom. The fraction of sp³-hybridized carbons (Fsp3) is 0.250. The first-order chi connectivity index (χ1) is 8.70. The average molecular weight is 262 g/mol. The van der Waals surface area contributed by atoms with Gasteiger partial charge in [-0.15, -0.1) is 5.10 Å². The summed E-state index contributed by atoms with van der Waals surface area (Å²) < 4.78 is 3.71. The zero-order valence-corrected chi connectivity index (χ0v) is 10.9. The Hall–Kier alpha value is -1.95. The highest BCUT2D eigenvalue weighted by Gasteiger charge is 2.16. The molecule has 0 unspecified atom stereocenters. The standard InChI is InChI=1S/C12H14N4OS/c1-2-16(12(17)11-7-14-15-18-11)8-9-3-5-10(13)6-4-9/h3-7H,2,8,13H2,1H3. The highest BCUT2D eigenvalue weighted by Crippen LogP contribution is 2.12. The molecular weight excluding hydrogens is 248 g/mol. The van der Waals surface area contributed by atoms with Crippen LogP contribution in [0.3, 0.4) is 0 Å². The summed E-state index contributed by atoms with van der Waals surface area (Å²) in [6.45, 7) is 3.15. The van der Waals surface area contributed by atoms with E-state index in [-0.39, 0.29) is 5.91 Å². The van der Waals surface area contributed by atoms with E-state index in [9.17, 15) is 4.79 Å². The van der Waals surface area contributed by atoms with Gasteiger partial charge >= 0.3 is 0 Å². The summed E-state index contributed by atoms with van der Waals surface area (Å²) in [7, 11) is 0. The molecule has 0 spiro atoms. The summed E-state index contributed by atoms with van der Waals surface area (Å²) in [4.78, 5) is 14.5. The molecule has 0 aliphatic rings. The van der Waals surface area contributed by atoms with E-state index in [1.165, 1.54) is 6.20 Å². The fourth-order valence-electron chi connectivity index (χ4n) is 1.59. The van der Waals surface area contributed by atoms with Crippen molar-refractivity contribution < 1.29 is 4.79 Å². The van der Waals surface area contributed by atoms with Crippen molar-refractivity contribution in [2.24, 2.45) is 0 Å². The molecule has 1 aromatic heterocycles. The number of nitrogens with zero attached hydrogens (tertiary/aromatic N) is 3. The van der Waals surface area contributed by atoms with Gasteiger partial charge in [0.1, 0.15) is 4.88 Å². The van der Waals surface area contributed by atoms with E-state index in [1.807, 2.05) is 31.2 Å². The van der Waals surface area contributed by atoms with Crippen LogP contribution in [0.1, 0.15) is 22.2 Å². The number of rotatable bonds is 4. The lowest BCUT2D eigenvalue weighted by atomic mass is 10.2. The Kier molecular flexibility index (Phi) is 3.88. The topological polar surface area (TPSA) is 72.1 Å². The number of hydrogen-bond donors (Lipinski definition) is 1. The molecule has 0 radical (unpaired) electrons. The molecule has 1 aromatic carbocycles. The van der Waals surface area contributed by atoms with Crippen LogP contribution in [0.5, 0.6) is 0 Å². The number of carbonyl (C=O) groups is 1. The third-order valence-corrected chi connectivity index (χ3v) is 3.25. The minimum absolute atomic E-state index is 0.0377. The summed E-state index contributed by atoms with van der Waals surface area (Å²) in [5.41, 5.74) is 7.41. The SMILES string of the molecule is CCN(Cc1ccc(N)cc1)C(=O)c1cnns1. The molecule has 2 rings (SSSR count). The predicted molar refractivity (Wildman–Crippen MR) is 71.2 cm³/mol. The number of anilines is 1. The summed E-state index contributed by atoms with van der Waals surface area (Å²) in [6, 6.07) is 7.52. The van der Waals surface area contributed by atoms with Gasteiger partial charge in [0.05, 0.1) is 6.20 Å². The molecule has 2 N–H and O–H groups in total. The van der Waals surface area contributed by atoms with E-state index in [4.69, 9.17) is 5.73 Å². The van der Waals surface area contributed by atoms with Crippen LogP contribution in [0.2, 0.25) is 0 Å². The van der Waals surface area contributed by atoms with Gasteiger partial charge in [0.2, 0.25) is 0 Å². The van der Waals surface area contributed by atoms with Gasteiger partial charge in [-0.1, -0.05) is 16.6 Å². The second kappa shape index (κ2) is 5.59. The van der Waals surface area contributed by atoms with Gasteiger partial charge in [-0.2, -0.15) is 0 Å². The first-order valence-electron chi connectivity index (χ1n) is 5.61. The number of aromatic nitrogens is 2. The molecule has 0 aliphatic carbocycles. The van der Waals surface area contributed by atoms with Crippen molar-refractivity contribution in [2.45, 2.75) is 13.5 Å². The first kappa shape index (κ1) is 12.5.